The Balaban J connectivity index is 0.000000324. The Bertz CT molecular complexity index is 585. The molecule has 4 atom stereocenters. The van der Waals surface area contributed by atoms with Gasteiger partial charge in [0.1, 0.15) is 11.5 Å². The maximum Gasteiger partial charge on any atom is 0.208 e. The van der Waals surface area contributed by atoms with Crippen LogP contribution in [0, 0.1) is 27.0 Å². The van der Waals surface area contributed by atoms with Crippen LogP contribution in [0.4, 0.5) is 0 Å². The summed E-state index contributed by atoms with van der Waals surface area (Å²) in [7, 11) is -4.53. The van der Waals surface area contributed by atoms with Gasteiger partial charge in [-0.1, -0.05) is 44.2 Å². The Labute approximate surface area is 154 Å². The van der Waals surface area contributed by atoms with Crippen molar-refractivity contribution in [2.24, 2.45) is 16.7 Å². The van der Waals surface area contributed by atoms with E-state index in [1.807, 2.05) is 0 Å². The molecule has 7 heteroatoms. The van der Waals surface area contributed by atoms with E-state index in [4.69, 9.17) is 23.4 Å². The lowest BCUT2D eigenvalue weighted by Gasteiger charge is -2.43. The lowest BCUT2D eigenvalue weighted by Crippen LogP contribution is -2.68. The molecule has 1 aromatic rings. The Morgan fingerprint density at radius 2 is 1.80 bits per heavy atom. The first-order chi connectivity index (χ1) is 11.6. The van der Waals surface area contributed by atoms with E-state index in [9.17, 15) is 0 Å². The fourth-order valence-electron chi connectivity index (χ4n) is 5.06. The van der Waals surface area contributed by atoms with Crippen LogP contribution in [0.5, 0.6) is 0 Å². The van der Waals surface area contributed by atoms with Crippen LogP contribution in [0.2, 0.25) is 0 Å². The molecule has 1 aromatic carbocycles. The first-order valence-corrected chi connectivity index (χ1v) is 11.5. The van der Waals surface area contributed by atoms with Crippen molar-refractivity contribution in [1.82, 2.24) is 0 Å². The molecular formula is C18H25ClO5S. The van der Waals surface area contributed by atoms with Crippen molar-refractivity contribution in [3.63, 3.8) is 0 Å². The molecule has 140 valence electrons. The van der Waals surface area contributed by atoms with E-state index in [0.717, 1.165) is 11.9 Å². The average Bonchev–Trinajstić information content (AvgIpc) is 2.88. The summed E-state index contributed by atoms with van der Waals surface area (Å²) in [4.78, 5) is 0. The average molecular weight is 389 g/mol. The minimum absolute atomic E-state index is 0.412. The fourth-order valence-corrected chi connectivity index (χ4v) is 7.78. The van der Waals surface area contributed by atoms with Gasteiger partial charge in [-0.25, -0.2) is 18.6 Å². The highest BCUT2D eigenvalue weighted by atomic mass is 35.7. The van der Waals surface area contributed by atoms with Crippen LogP contribution < -0.4 is 18.6 Å². The van der Waals surface area contributed by atoms with Crippen LogP contribution >= 0.6 is 0 Å². The highest BCUT2D eigenvalue weighted by Gasteiger charge is 2.68. The first-order valence-electron chi connectivity index (χ1n) is 8.53. The lowest BCUT2D eigenvalue weighted by atomic mass is 9.69. The van der Waals surface area contributed by atoms with Gasteiger partial charge in [-0.15, -0.1) is 10.2 Å². The predicted molar refractivity (Wildman–Crippen MR) is 85.7 cm³/mol. The van der Waals surface area contributed by atoms with Gasteiger partial charge in [0.25, 0.3) is 0 Å². The molecule has 3 fully saturated rings. The maximum atomic E-state index is 8.49. The number of benzene rings is 1. The van der Waals surface area contributed by atoms with Crippen molar-refractivity contribution < 1.29 is 33.6 Å². The monoisotopic (exact) mass is 388 g/mol. The minimum atomic E-state index is -4.94. The van der Waals surface area contributed by atoms with Crippen molar-refractivity contribution >= 4 is 10.9 Å². The molecule has 4 rings (SSSR count). The van der Waals surface area contributed by atoms with E-state index in [1.165, 1.54) is 36.3 Å². The smallest absolute Gasteiger partial charge is 0.208 e. The van der Waals surface area contributed by atoms with Gasteiger partial charge in [-0.3, -0.25) is 0 Å². The standard InChI is InChI=1S/C18H25OS.ClHO4/c1-17(2)15-8-9-18(17)12-20(13-19-16(18)10-15)11-14-6-4-3-5-7-14;2-1(3,4)5/h3-7,15-16H,8-13H2,1-2H3;(H,2,3,4,5)/q+1;/p-1/t15-,16-,18-,20?;/m1./s1. The van der Waals surface area contributed by atoms with Gasteiger partial charge in [-0.2, -0.15) is 0 Å². The molecule has 0 radical (unpaired) electrons. The topological polar surface area (TPSA) is 101 Å². The van der Waals surface area contributed by atoms with Crippen LogP contribution in [-0.2, 0) is 21.4 Å². The number of halogens is 1. The molecule has 25 heavy (non-hydrogen) atoms. The second-order valence-electron chi connectivity index (χ2n) is 7.89. The maximum absolute atomic E-state index is 8.49. The van der Waals surface area contributed by atoms with E-state index < -0.39 is 10.2 Å². The number of fused-ring (bicyclic) bond motifs is 1. The molecule has 1 saturated heterocycles. The quantitative estimate of drug-likeness (QED) is 0.619. The van der Waals surface area contributed by atoms with Crippen molar-refractivity contribution in [1.29, 1.82) is 0 Å². The number of rotatable bonds is 2. The minimum Gasteiger partial charge on any atom is -0.332 e. The summed E-state index contributed by atoms with van der Waals surface area (Å²) >= 11 is 0. The van der Waals surface area contributed by atoms with E-state index in [1.54, 1.807) is 0 Å². The van der Waals surface area contributed by atoms with Crippen LogP contribution in [0.15, 0.2) is 30.3 Å². The summed E-state index contributed by atoms with van der Waals surface area (Å²) in [5.41, 5.74) is 2.48. The third-order valence-corrected chi connectivity index (χ3v) is 8.60. The summed E-state index contributed by atoms with van der Waals surface area (Å²) in [5, 5.41) is 0. The van der Waals surface area contributed by atoms with Crippen molar-refractivity contribution in [3.8, 4) is 0 Å². The van der Waals surface area contributed by atoms with E-state index in [-0.39, 0.29) is 0 Å². The van der Waals surface area contributed by atoms with Crippen molar-refractivity contribution in [2.45, 2.75) is 45.0 Å². The number of hydrogen-bond donors (Lipinski definition) is 0. The van der Waals surface area contributed by atoms with Crippen molar-refractivity contribution in [3.05, 3.63) is 35.9 Å². The van der Waals surface area contributed by atoms with Gasteiger partial charge >= 0.3 is 0 Å². The molecule has 0 aromatic heterocycles. The van der Waals surface area contributed by atoms with E-state index >= 15 is 0 Å². The highest BCUT2D eigenvalue weighted by molar-refractivity contribution is 7.96. The zero-order valence-corrected chi connectivity index (χ0v) is 16.2. The third kappa shape index (κ3) is 4.00. The van der Waals surface area contributed by atoms with Gasteiger partial charge in [0.15, 0.2) is 0 Å². The number of ether oxygens (including phenoxy) is 1. The molecule has 2 saturated carbocycles. The second-order valence-corrected chi connectivity index (χ2v) is 10.7. The summed E-state index contributed by atoms with van der Waals surface area (Å²) in [6.07, 6.45) is 4.74. The zero-order chi connectivity index (χ0) is 18.3. The van der Waals surface area contributed by atoms with E-state index in [2.05, 4.69) is 44.2 Å². The van der Waals surface area contributed by atoms with Gasteiger partial charge < -0.3 is 4.74 Å². The Kier molecular flexibility index (Phi) is 5.44. The predicted octanol–water partition coefficient (Wildman–Crippen LogP) is -0.768. The normalized spacial score (nSPS) is 35.7. The van der Waals surface area contributed by atoms with Crippen LogP contribution in [0.25, 0.3) is 0 Å². The summed E-state index contributed by atoms with van der Waals surface area (Å²) in [6, 6.07) is 11.0. The third-order valence-electron chi connectivity index (χ3n) is 6.47. The molecule has 3 aliphatic rings. The molecule has 2 bridgehead atoms. The Morgan fingerprint density at radius 1 is 1.16 bits per heavy atom. The summed E-state index contributed by atoms with van der Waals surface area (Å²) in [6.45, 7) is 5.03. The SMILES string of the molecule is CC1(C)[C@@H]2CC[C@]13C[S+](Cc1ccccc1)CO[C@@H]3C2.[O-][Cl+3]([O-])([O-])[O-]. The van der Waals surface area contributed by atoms with Gasteiger partial charge in [0.2, 0.25) is 5.94 Å². The summed E-state index contributed by atoms with van der Waals surface area (Å²) < 4.78 is 40.3. The molecule has 0 N–H and O–H groups in total. The molecule has 5 nitrogen and oxygen atoms in total. The molecule has 1 spiro atoms. The largest absolute Gasteiger partial charge is 0.332 e. The number of hydrogen-bond acceptors (Lipinski definition) is 5. The van der Waals surface area contributed by atoms with E-state index in [0.29, 0.717) is 27.8 Å². The Hall–Kier alpha value is -0.340. The second kappa shape index (κ2) is 7.00. The molecule has 2 aliphatic carbocycles. The zero-order valence-electron chi connectivity index (χ0n) is 14.6. The molecular weight excluding hydrogens is 364 g/mol. The van der Waals surface area contributed by atoms with Crippen molar-refractivity contribution in [2.75, 3.05) is 11.7 Å². The molecule has 1 unspecified atom stereocenters. The van der Waals surface area contributed by atoms with Gasteiger partial charge in [0, 0.05) is 21.9 Å². The molecule has 0 amide bonds. The van der Waals surface area contributed by atoms with Gasteiger partial charge in [-0.05, 0) is 30.6 Å². The molecule has 1 heterocycles. The molecule has 1 aliphatic heterocycles. The van der Waals surface area contributed by atoms with Crippen LogP contribution in [0.1, 0.15) is 38.7 Å². The van der Waals surface area contributed by atoms with Crippen LogP contribution in [0.3, 0.4) is 0 Å². The van der Waals surface area contributed by atoms with Crippen LogP contribution in [-0.4, -0.2) is 17.8 Å². The summed E-state index contributed by atoms with van der Waals surface area (Å²) in [5.74, 6) is 4.55. The fraction of sp³-hybridized carbons (Fsp3) is 0.667. The Morgan fingerprint density at radius 3 is 2.40 bits per heavy atom. The van der Waals surface area contributed by atoms with Gasteiger partial charge in [0.05, 0.1) is 6.10 Å². The lowest BCUT2D eigenvalue weighted by molar-refractivity contribution is -2.00. The first kappa shape index (κ1) is 19.4. The highest BCUT2D eigenvalue weighted by Crippen LogP contribution is 2.68.